The Kier molecular flexibility index (Phi) is 3.09. The van der Waals surface area contributed by atoms with Gasteiger partial charge in [-0.25, -0.2) is 0 Å². The Morgan fingerprint density at radius 1 is 0.294 bits per heavy atom. The Morgan fingerprint density at radius 2 is 0.647 bits per heavy atom. The summed E-state index contributed by atoms with van der Waals surface area (Å²) in [5.41, 5.74) is -2.79. The molecular formula is C48H31N3. The standard InChI is InChI=1S/C48H31N3/c1-3-13-34(14-4-1)49-43-20-10-7-17-37(43)40-29-32(23-26-46(40)49)33-24-27-47-41(30-33)38-18-8-12-22-45(38)51(47)36-25-28-48-42(31-36)39-19-9-11-21-44(39)50(48)35-15-5-2-6-16-35/h1-31H/i7D,8D,9D,10D,11D,12D,17D,18D,19D,20D,21D,22D,23D,24D,25D,26D,27D,28D,29D,30D,31D. The Hall–Kier alpha value is -6.84. The molecule has 0 aliphatic carbocycles. The third kappa shape index (κ3) is 4.12. The van der Waals surface area contributed by atoms with E-state index in [1.165, 1.54) is 9.13 Å². The maximum Gasteiger partial charge on any atom is 0.0652 e. The van der Waals surface area contributed by atoms with Gasteiger partial charge in [-0.2, -0.15) is 0 Å². The molecular weight excluding hydrogens is 619 g/mol. The molecule has 0 aliphatic heterocycles. The molecule has 238 valence electrons. The van der Waals surface area contributed by atoms with Crippen LogP contribution in [0.5, 0.6) is 0 Å². The second-order valence-corrected chi connectivity index (χ2v) is 11.7. The average Bonchev–Trinajstić information content (AvgIpc) is 4.05. The summed E-state index contributed by atoms with van der Waals surface area (Å²) in [6.45, 7) is 0. The van der Waals surface area contributed by atoms with Crippen LogP contribution in [0.3, 0.4) is 0 Å². The van der Waals surface area contributed by atoms with Crippen molar-refractivity contribution in [3.8, 4) is 28.2 Å². The average molecular weight is 671 g/mol. The molecule has 0 radical (unpaired) electrons. The van der Waals surface area contributed by atoms with Crippen molar-refractivity contribution in [3.05, 3.63) is 188 Å². The lowest BCUT2D eigenvalue weighted by molar-refractivity contribution is 1.17. The number of para-hydroxylation sites is 5. The minimum atomic E-state index is -0.874. The fourth-order valence-electron chi connectivity index (χ4n) is 6.79. The summed E-state index contributed by atoms with van der Waals surface area (Å²) < 4.78 is 197. The highest BCUT2D eigenvalue weighted by Crippen LogP contribution is 2.40. The maximum atomic E-state index is 9.92. The number of aromatic nitrogens is 3. The molecule has 0 saturated heterocycles. The van der Waals surface area contributed by atoms with Crippen molar-refractivity contribution in [3.63, 3.8) is 0 Å². The van der Waals surface area contributed by atoms with Gasteiger partial charge in [0.15, 0.2) is 0 Å². The van der Waals surface area contributed by atoms with Crippen LogP contribution in [-0.2, 0) is 0 Å². The second-order valence-electron chi connectivity index (χ2n) is 11.7. The van der Waals surface area contributed by atoms with Crippen LogP contribution in [0.25, 0.3) is 93.6 Å². The number of nitrogens with zero attached hydrogens (tertiary/aromatic N) is 3. The van der Waals surface area contributed by atoms with Gasteiger partial charge in [0, 0.05) is 49.4 Å². The lowest BCUT2D eigenvalue weighted by atomic mass is 10.0. The topological polar surface area (TPSA) is 14.8 Å². The van der Waals surface area contributed by atoms with Crippen molar-refractivity contribution in [2.24, 2.45) is 0 Å². The van der Waals surface area contributed by atoms with E-state index in [1.54, 1.807) is 60.7 Å². The van der Waals surface area contributed by atoms with Crippen LogP contribution >= 0.6 is 0 Å². The molecule has 0 saturated carbocycles. The van der Waals surface area contributed by atoms with Crippen LogP contribution < -0.4 is 0 Å². The van der Waals surface area contributed by atoms with E-state index in [-0.39, 0.29) is 43.6 Å². The predicted molar refractivity (Wildman–Crippen MR) is 215 cm³/mol. The highest BCUT2D eigenvalue weighted by Gasteiger charge is 2.18. The monoisotopic (exact) mass is 670 g/mol. The van der Waals surface area contributed by atoms with Gasteiger partial charge in [0.1, 0.15) is 0 Å². The van der Waals surface area contributed by atoms with Crippen molar-refractivity contribution >= 4 is 65.4 Å². The Balaban J connectivity index is 1.34. The van der Waals surface area contributed by atoms with E-state index in [0.29, 0.717) is 11.4 Å². The third-order valence-corrected chi connectivity index (χ3v) is 8.96. The molecule has 0 spiro atoms. The molecule has 51 heavy (non-hydrogen) atoms. The van der Waals surface area contributed by atoms with Crippen LogP contribution in [0.2, 0.25) is 0 Å². The van der Waals surface area contributed by atoms with Gasteiger partial charge in [0.25, 0.3) is 0 Å². The Bertz CT molecular complexity index is 4330. The molecule has 0 atom stereocenters. The molecule has 3 heterocycles. The van der Waals surface area contributed by atoms with Crippen molar-refractivity contribution in [1.29, 1.82) is 0 Å². The first kappa shape index (κ1) is 14.6. The molecule has 0 bridgehead atoms. The molecule has 0 unspecified atom stereocenters. The summed E-state index contributed by atoms with van der Waals surface area (Å²) in [6.07, 6.45) is 0. The number of rotatable bonds is 4. The van der Waals surface area contributed by atoms with E-state index in [9.17, 15) is 15.1 Å². The number of fused-ring (bicyclic) bond motifs is 9. The van der Waals surface area contributed by atoms with Crippen molar-refractivity contribution < 1.29 is 28.8 Å². The van der Waals surface area contributed by atoms with Gasteiger partial charge in [-0.1, -0.05) is 103 Å². The molecule has 0 fully saturated rings. The van der Waals surface area contributed by atoms with Gasteiger partial charge in [-0.05, 0) is 95.8 Å². The second kappa shape index (κ2) is 10.8. The van der Waals surface area contributed by atoms with Gasteiger partial charge in [-0.3, -0.25) is 0 Å². The zero-order chi connectivity index (χ0) is 51.7. The summed E-state index contributed by atoms with van der Waals surface area (Å²) in [6, 6.07) is 1.85. The normalized spacial score (nSPS) is 17.7. The van der Waals surface area contributed by atoms with Crippen molar-refractivity contribution in [2.75, 3.05) is 0 Å². The number of benzene rings is 8. The number of hydrogen-bond acceptors (Lipinski definition) is 0. The van der Waals surface area contributed by atoms with E-state index in [0.717, 1.165) is 4.57 Å². The maximum absolute atomic E-state index is 9.92. The van der Waals surface area contributed by atoms with E-state index < -0.39 is 166 Å². The highest BCUT2D eigenvalue weighted by atomic mass is 15.0. The van der Waals surface area contributed by atoms with Crippen LogP contribution in [0.1, 0.15) is 28.8 Å². The van der Waals surface area contributed by atoms with Gasteiger partial charge < -0.3 is 13.7 Å². The third-order valence-electron chi connectivity index (χ3n) is 8.96. The van der Waals surface area contributed by atoms with Crippen LogP contribution in [0.15, 0.2) is 188 Å². The van der Waals surface area contributed by atoms with Gasteiger partial charge in [-0.15, -0.1) is 0 Å². The first-order valence-electron chi connectivity index (χ1n) is 26.3. The Labute approximate surface area is 324 Å². The van der Waals surface area contributed by atoms with Crippen LogP contribution in [-0.4, -0.2) is 13.7 Å². The van der Waals surface area contributed by atoms with E-state index in [2.05, 4.69) is 0 Å². The van der Waals surface area contributed by atoms with Crippen molar-refractivity contribution in [1.82, 2.24) is 13.7 Å². The first-order chi connectivity index (χ1) is 34.1. The lowest BCUT2D eigenvalue weighted by Gasteiger charge is -2.11. The quantitative estimate of drug-likeness (QED) is 0.177. The lowest BCUT2D eigenvalue weighted by Crippen LogP contribution is -1.95. The molecule has 3 aromatic heterocycles. The van der Waals surface area contributed by atoms with Crippen LogP contribution in [0, 0.1) is 0 Å². The SMILES string of the molecule is [2H]c1c([2H])c([2H])c2c(c1[2H])c1c([2H])c(-c3c([2H])c([2H])c4c(c3[2H])c3c([2H])c([2H])c([2H])c([2H])c3n4-c3c([2H])c([2H])c4c(c3[2H])c3c([2H])c([2H])c([2H])c([2H])c3n4-c3ccccc3)c([2H])c([2H])c1n2-c1ccccc1. The zero-order valence-corrected chi connectivity index (χ0v) is 26.1. The van der Waals surface area contributed by atoms with E-state index >= 15 is 0 Å². The molecule has 0 aliphatic rings. The molecule has 3 heteroatoms. The zero-order valence-electron chi connectivity index (χ0n) is 47.1. The predicted octanol–water partition coefficient (Wildman–Crippen LogP) is 12.6. The molecule has 3 nitrogen and oxygen atoms in total. The fraction of sp³-hybridized carbons (Fsp3) is 0. The largest absolute Gasteiger partial charge is 0.309 e. The molecule has 11 aromatic rings. The summed E-state index contributed by atoms with van der Waals surface area (Å²) in [5, 5.41) is -1.84. The van der Waals surface area contributed by atoms with Gasteiger partial charge in [0.05, 0.1) is 61.9 Å². The van der Waals surface area contributed by atoms with Crippen molar-refractivity contribution in [2.45, 2.75) is 0 Å². The smallest absolute Gasteiger partial charge is 0.0652 e. The summed E-state index contributed by atoms with van der Waals surface area (Å²) in [7, 11) is 0. The fourth-order valence-corrected chi connectivity index (χ4v) is 6.79. The first-order valence-corrected chi connectivity index (χ1v) is 15.8. The molecule has 0 amide bonds. The molecule has 11 rings (SSSR count). The highest BCUT2D eigenvalue weighted by molar-refractivity contribution is 6.14. The number of hydrogen-bond donors (Lipinski definition) is 0. The summed E-state index contributed by atoms with van der Waals surface area (Å²) in [4.78, 5) is 0. The van der Waals surface area contributed by atoms with Gasteiger partial charge >= 0.3 is 0 Å². The summed E-state index contributed by atoms with van der Waals surface area (Å²) in [5.74, 6) is 0. The van der Waals surface area contributed by atoms with E-state index in [4.69, 9.17) is 13.7 Å². The van der Waals surface area contributed by atoms with E-state index in [1.807, 2.05) is 0 Å². The Morgan fingerprint density at radius 3 is 1.10 bits per heavy atom. The molecule has 0 N–H and O–H groups in total. The van der Waals surface area contributed by atoms with Crippen LogP contribution in [0.4, 0.5) is 0 Å². The molecule has 8 aromatic carbocycles. The minimum absolute atomic E-state index is 0.126. The summed E-state index contributed by atoms with van der Waals surface area (Å²) >= 11 is 0. The van der Waals surface area contributed by atoms with Gasteiger partial charge in [0.2, 0.25) is 0 Å². The minimum Gasteiger partial charge on any atom is -0.309 e.